The lowest BCUT2D eigenvalue weighted by Crippen LogP contribution is -2.34. The third-order valence-electron chi connectivity index (χ3n) is 3.50. The van der Waals surface area contributed by atoms with E-state index in [0.717, 1.165) is 24.2 Å². The molecule has 0 bridgehead atoms. The van der Waals surface area contributed by atoms with E-state index in [9.17, 15) is 0 Å². The Morgan fingerprint density at radius 3 is 2.59 bits per heavy atom. The van der Waals surface area contributed by atoms with E-state index < -0.39 is 0 Å². The lowest BCUT2D eigenvalue weighted by atomic mass is 9.86. The fraction of sp³-hybridized carbons (Fsp3) is 0.571. The highest BCUT2D eigenvalue weighted by Crippen LogP contribution is 2.35. The molecule has 1 aliphatic rings. The van der Waals surface area contributed by atoms with E-state index in [1.165, 1.54) is 19.3 Å². The van der Waals surface area contributed by atoms with Crippen LogP contribution < -0.4 is 10.5 Å². The minimum Gasteiger partial charge on any atom is -0.486 e. The highest BCUT2D eigenvalue weighted by atomic mass is 35.5. The summed E-state index contributed by atoms with van der Waals surface area (Å²) in [6.45, 7) is 2.69. The number of hydrogen-bond acceptors (Lipinski definition) is 2. The van der Waals surface area contributed by atoms with E-state index >= 15 is 0 Å². The zero-order valence-electron chi connectivity index (χ0n) is 10.3. The van der Waals surface area contributed by atoms with Gasteiger partial charge < -0.3 is 10.5 Å². The zero-order chi connectivity index (χ0) is 12.3. The zero-order valence-corrected chi connectivity index (χ0v) is 11.1. The summed E-state index contributed by atoms with van der Waals surface area (Å²) in [6.07, 6.45) is 6.03. The molecule has 0 unspecified atom stereocenters. The molecule has 0 spiro atoms. The highest BCUT2D eigenvalue weighted by Gasteiger charge is 2.29. The van der Waals surface area contributed by atoms with E-state index in [2.05, 4.69) is 6.92 Å². The van der Waals surface area contributed by atoms with Crippen LogP contribution in [0.4, 0.5) is 0 Å². The summed E-state index contributed by atoms with van der Waals surface area (Å²) in [5.41, 5.74) is 6.57. The average molecular weight is 254 g/mol. The Bertz CT molecular complexity index is 386. The van der Waals surface area contributed by atoms with Gasteiger partial charge in [-0.3, -0.25) is 0 Å². The third kappa shape index (κ3) is 3.14. The summed E-state index contributed by atoms with van der Waals surface area (Å²) in [5, 5.41) is 0.666. The van der Waals surface area contributed by atoms with Gasteiger partial charge in [0.2, 0.25) is 0 Å². The van der Waals surface area contributed by atoms with Gasteiger partial charge in [-0.25, -0.2) is 0 Å². The Balaban J connectivity index is 2.12. The van der Waals surface area contributed by atoms with Gasteiger partial charge in [-0.05, 0) is 50.3 Å². The normalized spacial score (nSPS) is 19.0. The van der Waals surface area contributed by atoms with Crippen molar-refractivity contribution < 1.29 is 4.74 Å². The Hall–Kier alpha value is -0.730. The molecule has 0 aromatic heterocycles. The van der Waals surface area contributed by atoms with E-state index in [0.29, 0.717) is 11.6 Å². The van der Waals surface area contributed by atoms with Crippen LogP contribution in [0.2, 0.25) is 5.02 Å². The molecule has 2 N–H and O–H groups in total. The largest absolute Gasteiger partial charge is 0.486 e. The average Bonchev–Trinajstić information content (AvgIpc) is 2.32. The molecule has 1 aliphatic carbocycles. The summed E-state index contributed by atoms with van der Waals surface area (Å²) >= 11 is 6.21. The molecule has 2 nitrogen and oxygen atoms in total. The first-order chi connectivity index (χ1) is 8.13. The van der Waals surface area contributed by atoms with Gasteiger partial charge in [-0.1, -0.05) is 24.1 Å². The van der Waals surface area contributed by atoms with Crippen molar-refractivity contribution in [3.8, 4) is 5.75 Å². The fourth-order valence-electron chi connectivity index (χ4n) is 2.42. The smallest absolute Gasteiger partial charge is 0.138 e. The van der Waals surface area contributed by atoms with E-state index in [4.69, 9.17) is 22.1 Å². The van der Waals surface area contributed by atoms with Gasteiger partial charge in [0.25, 0.3) is 0 Å². The molecule has 0 saturated heterocycles. The summed E-state index contributed by atoms with van der Waals surface area (Å²) in [4.78, 5) is 0. The number of hydrogen-bond donors (Lipinski definition) is 1. The summed E-state index contributed by atoms with van der Waals surface area (Å²) in [7, 11) is 0. The predicted molar refractivity (Wildman–Crippen MR) is 71.5 cm³/mol. The van der Waals surface area contributed by atoms with Gasteiger partial charge in [-0.2, -0.15) is 0 Å². The molecule has 1 fully saturated rings. The van der Waals surface area contributed by atoms with Crippen molar-refractivity contribution >= 4 is 11.6 Å². The fourth-order valence-corrected chi connectivity index (χ4v) is 2.66. The molecule has 2 rings (SSSR count). The van der Waals surface area contributed by atoms with Gasteiger partial charge in [0.1, 0.15) is 11.4 Å². The second-order valence-corrected chi connectivity index (χ2v) is 5.49. The summed E-state index contributed by atoms with van der Waals surface area (Å²) in [5.74, 6) is 0.785. The van der Waals surface area contributed by atoms with Crippen molar-refractivity contribution in [1.82, 2.24) is 0 Å². The van der Waals surface area contributed by atoms with Crippen LogP contribution in [0, 0.1) is 0 Å². The summed E-state index contributed by atoms with van der Waals surface area (Å²) < 4.78 is 6.10. The SMILES string of the molecule is CC1(Oc2ccc(CN)cc2Cl)CCCCC1. The van der Waals surface area contributed by atoms with Gasteiger partial charge in [-0.15, -0.1) is 0 Å². The molecule has 0 amide bonds. The van der Waals surface area contributed by atoms with Crippen LogP contribution in [0.3, 0.4) is 0 Å². The molecule has 0 radical (unpaired) electrons. The Morgan fingerprint density at radius 1 is 1.29 bits per heavy atom. The number of benzene rings is 1. The van der Waals surface area contributed by atoms with Crippen LogP contribution in [-0.2, 0) is 6.54 Å². The van der Waals surface area contributed by atoms with Crippen molar-refractivity contribution in [2.45, 2.75) is 51.2 Å². The molecule has 1 aromatic carbocycles. The Morgan fingerprint density at radius 2 is 2.00 bits per heavy atom. The minimum atomic E-state index is -0.0495. The summed E-state index contributed by atoms with van der Waals surface area (Å²) in [6, 6.07) is 5.81. The standard InChI is InChI=1S/C14H20ClNO/c1-14(7-3-2-4-8-14)17-13-6-5-11(10-16)9-12(13)15/h5-6,9H,2-4,7-8,10,16H2,1H3. The van der Waals surface area contributed by atoms with Crippen molar-refractivity contribution in [2.24, 2.45) is 5.73 Å². The van der Waals surface area contributed by atoms with Gasteiger partial charge in [0.15, 0.2) is 0 Å². The number of ether oxygens (including phenoxy) is 1. The maximum absolute atomic E-state index is 6.21. The van der Waals surface area contributed by atoms with Crippen LogP contribution in [0.25, 0.3) is 0 Å². The molecule has 1 saturated carbocycles. The van der Waals surface area contributed by atoms with Gasteiger partial charge in [0, 0.05) is 6.54 Å². The van der Waals surface area contributed by atoms with Crippen molar-refractivity contribution in [1.29, 1.82) is 0 Å². The second kappa shape index (κ2) is 5.28. The van der Waals surface area contributed by atoms with E-state index in [1.807, 2.05) is 18.2 Å². The maximum atomic E-state index is 6.21. The van der Waals surface area contributed by atoms with Gasteiger partial charge >= 0.3 is 0 Å². The molecule has 1 aromatic rings. The van der Waals surface area contributed by atoms with E-state index in [-0.39, 0.29) is 5.60 Å². The third-order valence-corrected chi connectivity index (χ3v) is 3.79. The first-order valence-electron chi connectivity index (χ1n) is 6.30. The number of rotatable bonds is 3. The lowest BCUT2D eigenvalue weighted by molar-refractivity contribution is 0.0488. The first kappa shape index (κ1) is 12.7. The number of halogens is 1. The molecular formula is C14H20ClNO. The first-order valence-corrected chi connectivity index (χ1v) is 6.68. The molecule has 0 atom stereocenters. The molecule has 17 heavy (non-hydrogen) atoms. The van der Waals surface area contributed by atoms with Crippen LogP contribution in [0.15, 0.2) is 18.2 Å². The topological polar surface area (TPSA) is 35.2 Å². The predicted octanol–water partition coefficient (Wildman–Crippen LogP) is 3.90. The Kier molecular flexibility index (Phi) is 3.95. The Labute approximate surface area is 108 Å². The van der Waals surface area contributed by atoms with Crippen LogP contribution in [0.5, 0.6) is 5.75 Å². The maximum Gasteiger partial charge on any atom is 0.138 e. The monoisotopic (exact) mass is 253 g/mol. The molecular weight excluding hydrogens is 234 g/mol. The second-order valence-electron chi connectivity index (χ2n) is 5.08. The molecule has 0 aliphatic heterocycles. The van der Waals surface area contributed by atoms with E-state index in [1.54, 1.807) is 0 Å². The van der Waals surface area contributed by atoms with Crippen LogP contribution >= 0.6 is 11.6 Å². The minimum absolute atomic E-state index is 0.0495. The molecule has 3 heteroatoms. The lowest BCUT2D eigenvalue weighted by Gasteiger charge is -2.34. The quantitative estimate of drug-likeness (QED) is 0.887. The molecule has 0 heterocycles. The highest BCUT2D eigenvalue weighted by molar-refractivity contribution is 6.32. The molecule has 94 valence electrons. The van der Waals surface area contributed by atoms with Crippen LogP contribution in [0.1, 0.15) is 44.6 Å². The van der Waals surface area contributed by atoms with Gasteiger partial charge in [0.05, 0.1) is 5.02 Å². The van der Waals surface area contributed by atoms with Crippen LogP contribution in [-0.4, -0.2) is 5.60 Å². The number of nitrogens with two attached hydrogens (primary N) is 1. The van der Waals surface area contributed by atoms with Crippen molar-refractivity contribution in [3.05, 3.63) is 28.8 Å². The van der Waals surface area contributed by atoms with Crippen molar-refractivity contribution in [2.75, 3.05) is 0 Å². The van der Waals surface area contributed by atoms with Crippen molar-refractivity contribution in [3.63, 3.8) is 0 Å².